The molecule has 0 aliphatic rings. The van der Waals surface area contributed by atoms with Crippen LogP contribution in [0.2, 0.25) is 0 Å². The molecule has 96 valence electrons. The van der Waals surface area contributed by atoms with Gasteiger partial charge in [0, 0.05) is 17.8 Å². The molecule has 1 aromatic rings. The summed E-state index contributed by atoms with van der Waals surface area (Å²) in [6.45, 7) is 7.11. The fourth-order valence-corrected chi connectivity index (χ4v) is 2.04. The molecule has 0 spiro atoms. The second-order valence-electron chi connectivity index (χ2n) is 4.34. The summed E-state index contributed by atoms with van der Waals surface area (Å²) in [5, 5.41) is 0. The van der Waals surface area contributed by atoms with E-state index in [1.54, 1.807) is 0 Å². The molecule has 0 aliphatic heterocycles. The smallest absolute Gasteiger partial charge is 0.145 e. The molecule has 0 saturated carbocycles. The summed E-state index contributed by atoms with van der Waals surface area (Å²) in [5.74, 6) is 6.86. The van der Waals surface area contributed by atoms with Crippen molar-refractivity contribution in [2.45, 2.75) is 46.2 Å². The Morgan fingerprint density at radius 2 is 2.00 bits per heavy atom. The number of nitrogens with one attached hydrogen (secondary N) is 1. The van der Waals surface area contributed by atoms with Crippen LogP contribution in [-0.4, -0.2) is 28.0 Å². The van der Waals surface area contributed by atoms with Gasteiger partial charge in [-0.25, -0.2) is 15.8 Å². The van der Waals surface area contributed by atoms with Crippen LogP contribution in [0.4, 0.5) is 5.82 Å². The molecule has 0 saturated heterocycles. The van der Waals surface area contributed by atoms with Gasteiger partial charge in [0.2, 0.25) is 0 Å². The predicted molar refractivity (Wildman–Crippen MR) is 70.4 cm³/mol. The van der Waals surface area contributed by atoms with E-state index >= 15 is 0 Å². The highest BCUT2D eigenvalue weighted by Gasteiger charge is 2.12. The first-order chi connectivity index (χ1) is 8.10. The van der Waals surface area contributed by atoms with Gasteiger partial charge in [-0.05, 0) is 26.8 Å². The lowest BCUT2D eigenvalue weighted by Crippen LogP contribution is -2.31. The number of rotatable bonds is 6. The summed E-state index contributed by atoms with van der Waals surface area (Å²) < 4.78 is 0. The summed E-state index contributed by atoms with van der Waals surface area (Å²) in [6.07, 6.45) is 2.28. The molecule has 0 fully saturated rings. The van der Waals surface area contributed by atoms with Gasteiger partial charge in [-0.2, -0.15) is 0 Å². The largest absolute Gasteiger partial charge is 0.308 e. The average molecular weight is 237 g/mol. The number of aryl methyl sites for hydroxylation is 1. The third-order valence-corrected chi connectivity index (χ3v) is 3.01. The lowest BCUT2D eigenvalue weighted by Gasteiger charge is -2.25. The van der Waals surface area contributed by atoms with Gasteiger partial charge < -0.3 is 5.43 Å². The SMILES string of the molecule is CCC(CC)N(C)Cc1nc(C)cc(NN)n1. The third kappa shape index (κ3) is 3.94. The average Bonchev–Trinajstić information content (AvgIpc) is 2.29. The maximum Gasteiger partial charge on any atom is 0.145 e. The Bertz CT molecular complexity index is 349. The fraction of sp³-hybridized carbons (Fsp3) is 0.667. The Kier molecular flexibility index (Phi) is 5.31. The molecule has 0 aliphatic carbocycles. The van der Waals surface area contributed by atoms with E-state index in [9.17, 15) is 0 Å². The zero-order chi connectivity index (χ0) is 12.8. The molecule has 17 heavy (non-hydrogen) atoms. The van der Waals surface area contributed by atoms with E-state index in [0.29, 0.717) is 11.9 Å². The van der Waals surface area contributed by atoms with Crippen LogP contribution in [0.25, 0.3) is 0 Å². The molecule has 0 aromatic carbocycles. The number of hydrogen-bond donors (Lipinski definition) is 2. The maximum atomic E-state index is 5.38. The topological polar surface area (TPSA) is 67.1 Å². The zero-order valence-electron chi connectivity index (χ0n) is 11.2. The highest BCUT2D eigenvalue weighted by Crippen LogP contribution is 2.11. The number of aromatic nitrogens is 2. The number of nitrogen functional groups attached to an aromatic ring is 1. The van der Waals surface area contributed by atoms with Crippen LogP contribution in [0, 0.1) is 6.92 Å². The first-order valence-corrected chi connectivity index (χ1v) is 6.12. The van der Waals surface area contributed by atoms with Crippen molar-refractivity contribution in [3.05, 3.63) is 17.6 Å². The zero-order valence-corrected chi connectivity index (χ0v) is 11.2. The maximum absolute atomic E-state index is 5.38. The predicted octanol–water partition coefficient (Wildman–Crippen LogP) is 1.69. The minimum absolute atomic E-state index is 0.577. The summed E-state index contributed by atoms with van der Waals surface area (Å²) in [5.41, 5.74) is 3.50. The Labute approximate surface area is 103 Å². The first-order valence-electron chi connectivity index (χ1n) is 6.12. The lowest BCUT2D eigenvalue weighted by molar-refractivity contribution is 0.216. The summed E-state index contributed by atoms with van der Waals surface area (Å²) in [4.78, 5) is 11.1. The van der Waals surface area contributed by atoms with Crippen LogP contribution >= 0.6 is 0 Å². The Morgan fingerprint density at radius 3 is 2.53 bits per heavy atom. The fourth-order valence-electron chi connectivity index (χ4n) is 2.04. The van der Waals surface area contributed by atoms with Crippen molar-refractivity contribution < 1.29 is 0 Å². The van der Waals surface area contributed by atoms with E-state index < -0.39 is 0 Å². The van der Waals surface area contributed by atoms with E-state index in [-0.39, 0.29) is 0 Å². The van der Waals surface area contributed by atoms with E-state index in [0.717, 1.165) is 30.9 Å². The number of anilines is 1. The molecule has 1 rings (SSSR count). The minimum atomic E-state index is 0.577. The molecular formula is C12H23N5. The molecule has 5 nitrogen and oxygen atoms in total. The Morgan fingerprint density at radius 1 is 1.35 bits per heavy atom. The molecule has 0 amide bonds. The van der Waals surface area contributed by atoms with Gasteiger partial charge in [0.25, 0.3) is 0 Å². The minimum Gasteiger partial charge on any atom is -0.308 e. The van der Waals surface area contributed by atoms with E-state index in [1.165, 1.54) is 0 Å². The van der Waals surface area contributed by atoms with Gasteiger partial charge >= 0.3 is 0 Å². The van der Waals surface area contributed by atoms with E-state index in [2.05, 4.69) is 41.2 Å². The normalized spacial score (nSPS) is 11.2. The van der Waals surface area contributed by atoms with Crippen LogP contribution in [0.1, 0.15) is 38.2 Å². The van der Waals surface area contributed by atoms with E-state index in [1.807, 2.05) is 13.0 Å². The molecule has 1 aromatic heterocycles. The van der Waals surface area contributed by atoms with Crippen LogP contribution in [-0.2, 0) is 6.54 Å². The van der Waals surface area contributed by atoms with Gasteiger partial charge in [0.05, 0.1) is 6.54 Å². The van der Waals surface area contributed by atoms with Crippen molar-refractivity contribution in [3.63, 3.8) is 0 Å². The standard InChI is InChI=1S/C12H23N5/c1-5-10(6-2)17(4)8-12-14-9(3)7-11(15-12)16-13/h7,10H,5-6,8,13H2,1-4H3,(H,14,15,16). The molecule has 0 unspecified atom stereocenters. The van der Waals surface area contributed by atoms with Crippen molar-refractivity contribution in [2.24, 2.45) is 5.84 Å². The second-order valence-corrected chi connectivity index (χ2v) is 4.34. The van der Waals surface area contributed by atoms with E-state index in [4.69, 9.17) is 5.84 Å². The third-order valence-electron chi connectivity index (χ3n) is 3.01. The number of nitrogens with zero attached hydrogens (tertiary/aromatic N) is 3. The highest BCUT2D eigenvalue weighted by molar-refractivity contribution is 5.33. The van der Waals surface area contributed by atoms with Gasteiger partial charge in [0.1, 0.15) is 11.6 Å². The van der Waals surface area contributed by atoms with Gasteiger partial charge in [-0.3, -0.25) is 4.90 Å². The quantitative estimate of drug-likeness (QED) is 0.582. The Hall–Kier alpha value is -1.20. The van der Waals surface area contributed by atoms with Crippen LogP contribution < -0.4 is 11.3 Å². The van der Waals surface area contributed by atoms with Crippen molar-refractivity contribution in [3.8, 4) is 0 Å². The molecular weight excluding hydrogens is 214 g/mol. The Balaban J connectivity index is 2.76. The van der Waals surface area contributed by atoms with Crippen molar-refractivity contribution >= 4 is 5.82 Å². The molecule has 1 heterocycles. The molecule has 0 atom stereocenters. The lowest BCUT2D eigenvalue weighted by atomic mass is 10.1. The molecule has 3 N–H and O–H groups in total. The summed E-state index contributed by atoms with van der Waals surface area (Å²) in [6, 6.07) is 2.41. The number of nitrogens with two attached hydrogens (primary N) is 1. The van der Waals surface area contributed by atoms with Gasteiger partial charge in [-0.15, -0.1) is 0 Å². The highest BCUT2D eigenvalue weighted by atomic mass is 15.3. The second kappa shape index (κ2) is 6.51. The van der Waals surface area contributed by atoms with Crippen LogP contribution in [0.15, 0.2) is 6.07 Å². The molecule has 0 radical (unpaired) electrons. The van der Waals surface area contributed by atoms with Crippen molar-refractivity contribution in [1.29, 1.82) is 0 Å². The molecule has 0 bridgehead atoms. The van der Waals surface area contributed by atoms with Crippen molar-refractivity contribution in [1.82, 2.24) is 14.9 Å². The van der Waals surface area contributed by atoms with Gasteiger partial charge in [0.15, 0.2) is 0 Å². The molecule has 5 heteroatoms. The summed E-state index contributed by atoms with van der Waals surface area (Å²) >= 11 is 0. The van der Waals surface area contributed by atoms with Crippen LogP contribution in [0.5, 0.6) is 0 Å². The summed E-state index contributed by atoms with van der Waals surface area (Å²) in [7, 11) is 2.11. The van der Waals surface area contributed by atoms with Crippen molar-refractivity contribution in [2.75, 3.05) is 12.5 Å². The van der Waals surface area contributed by atoms with Crippen LogP contribution in [0.3, 0.4) is 0 Å². The number of hydrogen-bond acceptors (Lipinski definition) is 5. The first kappa shape index (κ1) is 13.9. The monoisotopic (exact) mass is 237 g/mol. The number of hydrazine groups is 1. The van der Waals surface area contributed by atoms with Gasteiger partial charge in [-0.1, -0.05) is 13.8 Å².